The Hall–Kier alpha value is -2.62. The third kappa shape index (κ3) is 5.78. The molecule has 2 fully saturated rings. The predicted octanol–water partition coefficient (Wildman–Crippen LogP) is 3.61. The number of nitrogens with one attached hydrogen (secondary N) is 1. The highest BCUT2D eigenvalue weighted by atomic mass is 35.5. The van der Waals surface area contributed by atoms with Gasteiger partial charge in [0.05, 0.1) is 17.7 Å². The Morgan fingerprint density at radius 3 is 2.41 bits per heavy atom. The molecular formula is C27H39ClN8O. The molecule has 2 aromatic heterocycles. The predicted molar refractivity (Wildman–Crippen MR) is 150 cm³/mol. The van der Waals surface area contributed by atoms with Crippen LogP contribution in [0.25, 0.3) is 11.0 Å². The number of aryl methyl sites for hydroxylation is 1. The molecule has 0 aliphatic carbocycles. The SMILES string of the molecule is CCc1n[nH]c2ncnc(N3CCN(c4cc(Cl)cc(OCCCN5CCN(CC)CC5)c4C)CC3)c12. The number of hydrogen-bond acceptors (Lipinski definition) is 8. The minimum atomic E-state index is 0.705. The number of H-pyrrole nitrogens is 1. The molecule has 2 aliphatic rings. The van der Waals surface area contributed by atoms with Gasteiger partial charge in [-0.3, -0.25) is 5.10 Å². The van der Waals surface area contributed by atoms with Crippen LogP contribution < -0.4 is 14.5 Å². The van der Waals surface area contributed by atoms with Crippen LogP contribution in [0.15, 0.2) is 18.5 Å². The van der Waals surface area contributed by atoms with Gasteiger partial charge in [0, 0.05) is 75.2 Å². The van der Waals surface area contributed by atoms with E-state index in [2.05, 4.69) is 66.6 Å². The fraction of sp³-hybridized carbons (Fsp3) is 0.593. The van der Waals surface area contributed by atoms with Crippen molar-refractivity contribution in [3.05, 3.63) is 34.7 Å². The number of nitrogens with zero attached hydrogens (tertiary/aromatic N) is 7. The number of benzene rings is 1. The maximum atomic E-state index is 6.56. The molecule has 9 nitrogen and oxygen atoms in total. The Morgan fingerprint density at radius 2 is 1.68 bits per heavy atom. The average molecular weight is 527 g/mol. The van der Waals surface area contributed by atoms with Crippen molar-refractivity contribution in [3.63, 3.8) is 0 Å². The fourth-order valence-electron chi connectivity index (χ4n) is 5.48. The summed E-state index contributed by atoms with van der Waals surface area (Å²) >= 11 is 6.56. The van der Waals surface area contributed by atoms with E-state index in [0.29, 0.717) is 6.61 Å². The lowest BCUT2D eigenvalue weighted by Gasteiger charge is -2.37. The smallest absolute Gasteiger partial charge is 0.160 e. The zero-order valence-electron chi connectivity index (χ0n) is 22.3. The molecule has 0 saturated carbocycles. The van der Waals surface area contributed by atoms with E-state index in [-0.39, 0.29) is 0 Å². The summed E-state index contributed by atoms with van der Waals surface area (Å²) in [6, 6.07) is 4.03. The molecule has 2 saturated heterocycles. The molecule has 3 aromatic rings. The molecule has 1 aromatic carbocycles. The number of ether oxygens (including phenoxy) is 1. The number of anilines is 2. The van der Waals surface area contributed by atoms with Gasteiger partial charge in [0.1, 0.15) is 17.9 Å². The first-order valence-electron chi connectivity index (χ1n) is 13.6. The summed E-state index contributed by atoms with van der Waals surface area (Å²) in [5.74, 6) is 1.86. The van der Waals surface area contributed by atoms with Gasteiger partial charge in [-0.1, -0.05) is 25.4 Å². The van der Waals surface area contributed by atoms with Gasteiger partial charge in [-0.05, 0) is 38.4 Å². The van der Waals surface area contributed by atoms with E-state index < -0.39 is 0 Å². The Kier molecular flexibility index (Phi) is 8.32. The highest BCUT2D eigenvalue weighted by molar-refractivity contribution is 6.31. The van der Waals surface area contributed by atoms with Crippen molar-refractivity contribution in [2.75, 3.05) is 81.9 Å². The minimum Gasteiger partial charge on any atom is -0.493 e. The lowest BCUT2D eigenvalue weighted by atomic mass is 10.1. The summed E-state index contributed by atoms with van der Waals surface area (Å²) in [6.07, 6.45) is 3.49. The first kappa shape index (κ1) is 26.0. The number of aromatic nitrogens is 4. The van der Waals surface area contributed by atoms with Crippen LogP contribution in [-0.4, -0.2) is 102 Å². The fourth-order valence-corrected chi connectivity index (χ4v) is 5.68. The van der Waals surface area contributed by atoms with Crippen molar-refractivity contribution in [2.24, 2.45) is 0 Å². The summed E-state index contributed by atoms with van der Waals surface area (Å²) in [5.41, 5.74) is 4.13. The molecule has 2 aliphatic heterocycles. The second-order valence-electron chi connectivity index (χ2n) is 9.94. The number of likely N-dealkylation sites (N-methyl/N-ethyl adjacent to an activating group) is 1. The molecule has 10 heteroatoms. The molecule has 5 rings (SSSR count). The molecule has 0 spiro atoms. The van der Waals surface area contributed by atoms with Crippen LogP contribution in [0.3, 0.4) is 0 Å². The maximum Gasteiger partial charge on any atom is 0.160 e. The molecule has 4 heterocycles. The van der Waals surface area contributed by atoms with Crippen molar-refractivity contribution in [2.45, 2.75) is 33.6 Å². The second-order valence-corrected chi connectivity index (χ2v) is 10.4. The zero-order valence-corrected chi connectivity index (χ0v) is 23.1. The number of aromatic amines is 1. The van der Waals surface area contributed by atoms with Gasteiger partial charge in [0.25, 0.3) is 0 Å². The van der Waals surface area contributed by atoms with E-state index in [1.54, 1.807) is 6.33 Å². The first-order valence-corrected chi connectivity index (χ1v) is 14.0. The molecule has 0 unspecified atom stereocenters. The van der Waals surface area contributed by atoms with Crippen molar-refractivity contribution in [1.82, 2.24) is 30.0 Å². The number of piperazine rings is 2. The van der Waals surface area contributed by atoms with Gasteiger partial charge in [-0.25, -0.2) is 9.97 Å². The largest absolute Gasteiger partial charge is 0.493 e. The molecule has 0 bridgehead atoms. The average Bonchev–Trinajstić information content (AvgIpc) is 3.37. The van der Waals surface area contributed by atoms with Crippen molar-refractivity contribution in [3.8, 4) is 5.75 Å². The van der Waals surface area contributed by atoms with Crippen molar-refractivity contribution in [1.29, 1.82) is 0 Å². The summed E-state index contributed by atoms with van der Waals surface area (Å²) in [6.45, 7) is 17.6. The topological polar surface area (TPSA) is 76.6 Å². The van der Waals surface area contributed by atoms with Gasteiger partial charge >= 0.3 is 0 Å². The second kappa shape index (κ2) is 11.8. The highest BCUT2D eigenvalue weighted by Gasteiger charge is 2.24. The number of fused-ring (bicyclic) bond motifs is 1. The van der Waals surface area contributed by atoms with E-state index in [4.69, 9.17) is 16.3 Å². The van der Waals surface area contributed by atoms with Crippen LogP contribution in [0, 0.1) is 6.92 Å². The highest BCUT2D eigenvalue weighted by Crippen LogP contribution is 2.34. The molecule has 0 atom stereocenters. The van der Waals surface area contributed by atoms with E-state index >= 15 is 0 Å². The molecule has 1 N–H and O–H groups in total. The van der Waals surface area contributed by atoms with Crippen molar-refractivity contribution >= 4 is 34.1 Å². The lowest BCUT2D eigenvalue weighted by molar-refractivity contribution is 0.130. The quantitative estimate of drug-likeness (QED) is 0.424. The minimum absolute atomic E-state index is 0.705. The molecule has 200 valence electrons. The van der Waals surface area contributed by atoms with E-state index in [1.807, 2.05) is 6.07 Å². The number of rotatable bonds is 9. The first-order chi connectivity index (χ1) is 18.1. The third-order valence-electron chi connectivity index (χ3n) is 7.75. The number of halogens is 1. The van der Waals surface area contributed by atoms with E-state index in [0.717, 1.165) is 110 Å². The lowest BCUT2D eigenvalue weighted by Crippen LogP contribution is -2.47. The summed E-state index contributed by atoms with van der Waals surface area (Å²) in [4.78, 5) is 18.8. The van der Waals surface area contributed by atoms with Crippen LogP contribution in [0.1, 0.15) is 31.5 Å². The molecular weight excluding hydrogens is 488 g/mol. The monoisotopic (exact) mass is 526 g/mol. The summed E-state index contributed by atoms with van der Waals surface area (Å²) in [7, 11) is 0. The Morgan fingerprint density at radius 1 is 0.946 bits per heavy atom. The van der Waals surface area contributed by atoms with Crippen LogP contribution in [-0.2, 0) is 6.42 Å². The van der Waals surface area contributed by atoms with Gasteiger partial charge in [-0.2, -0.15) is 5.10 Å². The Bertz CT molecular complexity index is 1180. The Labute approximate surface area is 224 Å². The zero-order chi connectivity index (χ0) is 25.8. The van der Waals surface area contributed by atoms with Gasteiger partial charge < -0.3 is 24.3 Å². The molecule has 0 amide bonds. The number of hydrogen-bond donors (Lipinski definition) is 1. The maximum absolute atomic E-state index is 6.56. The Balaban J connectivity index is 1.19. The summed E-state index contributed by atoms with van der Waals surface area (Å²) < 4.78 is 6.25. The van der Waals surface area contributed by atoms with Gasteiger partial charge in [0.2, 0.25) is 0 Å². The van der Waals surface area contributed by atoms with Gasteiger partial charge in [-0.15, -0.1) is 0 Å². The molecule has 0 radical (unpaired) electrons. The van der Waals surface area contributed by atoms with E-state index in [9.17, 15) is 0 Å². The van der Waals surface area contributed by atoms with Crippen LogP contribution >= 0.6 is 11.6 Å². The normalized spacial score (nSPS) is 17.6. The van der Waals surface area contributed by atoms with E-state index in [1.165, 1.54) is 13.1 Å². The van der Waals surface area contributed by atoms with Crippen LogP contribution in [0.4, 0.5) is 11.5 Å². The molecule has 37 heavy (non-hydrogen) atoms. The standard InChI is InChI=1S/C27H39ClN8O/c1-4-22-25-26(32-31-22)29-19-30-27(25)36-14-12-35(13-15-36)23-17-21(28)18-24(20(23)3)37-16-6-7-34-10-8-33(5-2)9-11-34/h17-19H,4-16H2,1-3H3,(H,29,30,31,32). The van der Waals surface area contributed by atoms with Gasteiger partial charge in [0.15, 0.2) is 5.65 Å². The van der Waals surface area contributed by atoms with Crippen LogP contribution in [0.5, 0.6) is 5.75 Å². The third-order valence-corrected chi connectivity index (χ3v) is 7.97. The summed E-state index contributed by atoms with van der Waals surface area (Å²) in [5, 5.41) is 9.24. The van der Waals surface area contributed by atoms with Crippen molar-refractivity contribution < 1.29 is 4.74 Å². The van der Waals surface area contributed by atoms with Crippen LogP contribution in [0.2, 0.25) is 5.02 Å².